The van der Waals surface area contributed by atoms with E-state index in [1.54, 1.807) is 12.0 Å². The molecule has 7 heteroatoms. The van der Waals surface area contributed by atoms with Crippen LogP contribution in [0.5, 0.6) is 11.5 Å². The molecule has 1 fully saturated rings. The number of benzene rings is 2. The molecule has 0 spiro atoms. The van der Waals surface area contributed by atoms with Gasteiger partial charge in [0.15, 0.2) is 0 Å². The number of nitrogens with zero attached hydrogens (tertiary/aromatic N) is 2. The van der Waals surface area contributed by atoms with E-state index in [0.29, 0.717) is 37.4 Å². The number of rotatable bonds is 3. The van der Waals surface area contributed by atoms with E-state index in [0.717, 1.165) is 43.5 Å². The number of hydrogen-bond acceptors (Lipinski definition) is 5. The van der Waals surface area contributed by atoms with E-state index in [2.05, 4.69) is 0 Å². The van der Waals surface area contributed by atoms with E-state index < -0.39 is 0 Å². The molecule has 2 aliphatic heterocycles. The van der Waals surface area contributed by atoms with Crippen LogP contribution >= 0.6 is 0 Å². The van der Waals surface area contributed by atoms with Crippen LogP contribution in [0.1, 0.15) is 54.4 Å². The third kappa shape index (κ3) is 6.78. The fraction of sp³-hybridized carbons (Fsp3) is 0.517. The Labute approximate surface area is 214 Å². The fourth-order valence-electron chi connectivity index (χ4n) is 4.86. The van der Waals surface area contributed by atoms with Crippen LogP contribution in [0.3, 0.4) is 0 Å². The van der Waals surface area contributed by atoms with E-state index in [-0.39, 0.29) is 24.0 Å². The number of amides is 2. The second-order valence-corrected chi connectivity index (χ2v) is 9.73. The van der Waals surface area contributed by atoms with Crippen molar-refractivity contribution in [3.63, 3.8) is 0 Å². The van der Waals surface area contributed by atoms with Crippen molar-refractivity contribution in [2.45, 2.75) is 57.2 Å². The van der Waals surface area contributed by atoms with Crippen molar-refractivity contribution in [3.8, 4) is 11.5 Å². The van der Waals surface area contributed by atoms with Crippen LogP contribution in [-0.2, 0) is 16.0 Å². The lowest BCUT2D eigenvalue weighted by molar-refractivity contribution is -0.130. The quantitative estimate of drug-likeness (QED) is 0.635. The first-order valence-electron chi connectivity index (χ1n) is 13.1. The van der Waals surface area contributed by atoms with Gasteiger partial charge in [-0.15, -0.1) is 0 Å². The largest absolute Gasteiger partial charge is 0.497 e. The van der Waals surface area contributed by atoms with Gasteiger partial charge in [-0.3, -0.25) is 9.59 Å². The van der Waals surface area contributed by atoms with Gasteiger partial charge >= 0.3 is 0 Å². The Morgan fingerprint density at radius 1 is 0.944 bits per heavy atom. The van der Waals surface area contributed by atoms with Crippen LogP contribution in [0.25, 0.3) is 0 Å². The average Bonchev–Trinajstić information content (AvgIpc) is 3.30. The Hall–Kier alpha value is -3.06. The normalized spacial score (nSPS) is 21.9. The Bertz CT molecular complexity index is 1010. The molecule has 0 aliphatic carbocycles. The average molecular weight is 495 g/mol. The summed E-state index contributed by atoms with van der Waals surface area (Å²) >= 11 is 0. The molecule has 2 aromatic rings. The maximum Gasteiger partial charge on any atom is 0.257 e. The molecule has 4 rings (SSSR count). The van der Waals surface area contributed by atoms with Gasteiger partial charge < -0.3 is 24.0 Å². The second-order valence-electron chi connectivity index (χ2n) is 9.73. The first-order valence-corrected chi connectivity index (χ1v) is 13.1. The number of methoxy groups -OCH3 is 1. The minimum Gasteiger partial charge on any atom is -0.497 e. The van der Waals surface area contributed by atoms with Gasteiger partial charge in [0.25, 0.3) is 5.91 Å². The lowest BCUT2D eigenvalue weighted by Gasteiger charge is -2.24. The van der Waals surface area contributed by atoms with Crippen molar-refractivity contribution in [2.24, 2.45) is 0 Å². The van der Waals surface area contributed by atoms with Crippen molar-refractivity contribution < 1.29 is 23.8 Å². The van der Waals surface area contributed by atoms with Crippen LogP contribution in [0, 0.1) is 0 Å². The van der Waals surface area contributed by atoms with E-state index in [9.17, 15) is 9.59 Å². The highest BCUT2D eigenvalue weighted by Gasteiger charge is 2.38. The summed E-state index contributed by atoms with van der Waals surface area (Å²) in [4.78, 5) is 29.9. The van der Waals surface area contributed by atoms with Crippen LogP contribution in [0.15, 0.2) is 48.5 Å². The summed E-state index contributed by atoms with van der Waals surface area (Å²) in [6, 6.07) is 15.0. The third-order valence-electron chi connectivity index (χ3n) is 7.04. The molecule has 2 atom stereocenters. The van der Waals surface area contributed by atoms with Gasteiger partial charge in [0.1, 0.15) is 23.7 Å². The zero-order valence-electron chi connectivity index (χ0n) is 21.5. The van der Waals surface area contributed by atoms with Crippen molar-refractivity contribution in [1.29, 1.82) is 0 Å². The molecule has 1 saturated heterocycles. The monoisotopic (exact) mass is 494 g/mol. The number of ether oxygens (including phenoxy) is 3. The maximum atomic E-state index is 13.2. The Morgan fingerprint density at radius 2 is 1.64 bits per heavy atom. The summed E-state index contributed by atoms with van der Waals surface area (Å²) in [7, 11) is 3.48. The Kier molecular flexibility index (Phi) is 9.23. The number of hydrogen-bond donors (Lipinski definition) is 0. The van der Waals surface area contributed by atoms with E-state index >= 15 is 0 Å². The summed E-state index contributed by atoms with van der Waals surface area (Å²) in [6.45, 7) is 2.29. The van der Waals surface area contributed by atoms with Gasteiger partial charge in [-0.1, -0.05) is 49.9 Å². The summed E-state index contributed by atoms with van der Waals surface area (Å²) in [5.74, 6) is 1.31. The summed E-state index contributed by atoms with van der Waals surface area (Å²) in [6.07, 6.45) is 6.31. The summed E-state index contributed by atoms with van der Waals surface area (Å²) in [5, 5.41) is 0. The zero-order chi connectivity index (χ0) is 25.3. The van der Waals surface area contributed by atoms with Crippen LogP contribution in [0.2, 0.25) is 0 Å². The standard InChI is InChI=1S/C29H38N2O5/c1-30-17-9-5-3-4-6-10-18-35-26-20-31(28(32)19-22-13-15-23(34-2)16-14-22)21-27(26)36-25-12-8-7-11-24(25)29(30)33/h7-8,11-16,26-27H,3-6,9-10,17-21H2,1-2H3/t26-,27-/m1/s1. The van der Waals surface area contributed by atoms with Gasteiger partial charge in [-0.05, 0) is 42.7 Å². The van der Waals surface area contributed by atoms with Gasteiger partial charge in [0, 0.05) is 20.2 Å². The molecule has 2 aliphatic rings. The molecule has 194 valence electrons. The maximum absolute atomic E-state index is 13.2. The van der Waals surface area contributed by atoms with Crippen molar-refractivity contribution in [3.05, 3.63) is 59.7 Å². The molecule has 0 saturated carbocycles. The van der Waals surface area contributed by atoms with Crippen molar-refractivity contribution >= 4 is 11.8 Å². The minimum absolute atomic E-state index is 0.0369. The molecule has 0 N–H and O–H groups in total. The Morgan fingerprint density at radius 3 is 2.42 bits per heavy atom. The molecule has 0 aromatic heterocycles. The fourth-order valence-corrected chi connectivity index (χ4v) is 4.86. The number of para-hydroxylation sites is 1. The highest BCUT2D eigenvalue weighted by atomic mass is 16.5. The lowest BCUT2D eigenvalue weighted by atomic mass is 10.1. The van der Waals surface area contributed by atoms with Gasteiger partial charge in [-0.2, -0.15) is 0 Å². The number of carbonyl (C=O) groups is 2. The molecular formula is C29H38N2O5. The van der Waals surface area contributed by atoms with E-state index in [4.69, 9.17) is 14.2 Å². The number of fused-ring (bicyclic) bond motifs is 2. The highest BCUT2D eigenvalue weighted by molar-refractivity contribution is 5.96. The number of likely N-dealkylation sites (tertiary alicyclic amines) is 1. The summed E-state index contributed by atoms with van der Waals surface area (Å²) < 4.78 is 17.9. The molecule has 2 aromatic carbocycles. The SMILES string of the molecule is COc1ccc(CC(=O)N2C[C@H]3OCCCCCCCCN(C)C(=O)c4ccccc4O[C@@H]3C2)cc1. The molecule has 0 radical (unpaired) electrons. The molecule has 36 heavy (non-hydrogen) atoms. The minimum atomic E-state index is -0.336. The van der Waals surface area contributed by atoms with E-state index in [1.165, 1.54) is 12.8 Å². The van der Waals surface area contributed by atoms with Gasteiger partial charge in [0.05, 0.1) is 32.2 Å². The van der Waals surface area contributed by atoms with Gasteiger partial charge in [0.2, 0.25) is 5.91 Å². The van der Waals surface area contributed by atoms with Crippen LogP contribution < -0.4 is 9.47 Å². The zero-order valence-corrected chi connectivity index (χ0v) is 21.5. The second kappa shape index (κ2) is 12.8. The predicted molar refractivity (Wildman–Crippen MR) is 139 cm³/mol. The molecule has 2 heterocycles. The van der Waals surface area contributed by atoms with Crippen LogP contribution in [0.4, 0.5) is 0 Å². The molecular weight excluding hydrogens is 456 g/mol. The first-order chi connectivity index (χ1) is 17.5. The highest BCUT2D eigenvalue weighted by Crippen LogP contribution is 2.26. The lowest BCUT2D eigenvalue weighted by Crippen LogP contribution is -2.34. The molecule has 0 unspecified atom stereocenters. The smallest absolute Gasteiger partial charge is 0.257 e. The predicted octanol–water partition coefficient (Wildman–Crippen LogP) is 4.34. The molecule has 7 nitrogen and oxygen atoms in total. The van der Waals surface area contributed by atoms with Crippen molar-refractivity contribution in [1.82, 2.24) is 9.80 Å². The Balaban J connectivity index is 1.50. The summed E-state index contributed by atoms with van der Waals surface area (Å²) in [5.41, 5.74) is 1.49. The first kappa shape index (κ1) is 26.0. The topological polar surface area (TPSA) is 68.3 Å². The number of carbonyl (C=O) groups excluding carboxylic acids is 2. The third-order valence-corrected chi connectivity index (χ3v) is 7.04. The molecule has 0 bridgehead atoms. The van der Waals surface area contributed by atoms with E-state index in [1.807, 2.05) is 60.5 Å². The van der Waals surface area contributed by atoms with Crippen molar-refractivity contribution in [2.75, 3.05) is 40.4 Å². The molecule has 2 amide bonds. The van der Waals surface area contributed by atoms with Crippen LogP contribution in [-0.4, -0.2) is 74.2 Å². The van der Waals surface area contributed by atoms with Gasteiger partial charge in [-0.25, -0.2) is 0 Å².